The first-order chi connectivity index (χ1) is 6.24. The molecule has 1 aromatic carbocycles. The summed E-state index contributed by atoms with van der Waals surface area (Å²) in [4.78, 5) is 11.1. The van der Waals surface area contributed by atoms with Crippen LogP contribution in [0.15, 0.2) is 30.3 Å². The highest BCUT2D eigenvalue weighted by molar-refractivity contribution is 5.96. The van der Waals surface area contributed by atoms with E-state index in [4.69, 9.17) is 11.0 Å². The number of anilines is 1. The van der Waals surface area contributed by atoms with Crippen molar-refractivity contribution < 1.29 is 4.79 Å². The van der Waals surface area contributed by atoms with E-state index in [9.17, 15) is 4.79 Å². The Morgan fingerprint density at radius 3 is 2.62 bits per heavy atom. The lowest BCUT2D eigenvalue weighted by Gasteiger charge is -2.04. The van der Waals surface area contributed by atoms with Crippen LogP contribution in [0.1, 0.15) is 0 Å². The molecule has 0 bridgehead atoms. The SMILES string of the molecule is N#CC(N)C(=O)Nc1ccccc1. The van der Waals surface area contributed by atoms with Crippen LogP contribution in [0.4, 0.5) is 5.69 Å². The highest BCUT2D eigenvalue weighted by Gasteiger charge is 2.11. The van der Waals surface area contributed by atoms with E-state index in [1.165, 1.54) is 0 Å². The number of nitrogens with one attached hydrogen (secondary N) is 1. The molecular formula is C9H9N3O. The number of para-hydroxylation sites is 1. The molecule has 1 atom stereocenters. The predicted molar refractivity (Wildman–Crippen MR) is 48.7 cm³/mol. The number of rotatable bonds is 2. The zero-order chi connectivity index (χ0) is 9.68. The van der Waals surface area contributed by atoms with Gasteiger partial charge in [-0.05, 0) is 12.1 Å². The number of hydrogen-bond acceptors (Lipinski definition) is 3. The lowest BCUT2D eigenvalue weighted by atomic mass is 10.3. The molecule has 0 saturated carbocycles. The molecule has 0 aliphatic rings. The van der Waals surface area contributed by atoms with Gasteiger partial charge in [0.2, 0.25) is 0 Å². The molecular weight excluding hydrogens is 166 g/mol. The van der Waals surface area contributed by atoms with E-state index >= 15 is 0 Å². The first-order valence-electron chi connectivity index (χ1n) is 3.75. The molecule has 13 heavy (non-hydrogen) atoms. The lowest BCUT2D eigenvalue weighted by Crippen LogP contribution is -2.33. The molecule has 66 valence electrons. The van der Waals surface area contributed by atoms with Crippen LogP contribution in [0.2, 0.25) is 0 Å². The monoisotopic (exact) mass is 175 g/mol. The maximum atomic E-state index is 11.1. The summed E-state index contributed by atoms with van der Waals surface area (Å²) >= 11 is 0. The summed E-state index contributed by atoms with van der Waals surface area (Å²) in [6, 6.07) is 9.39. The van der Waals surface area contributed by atoms with Crippen LogP contribution in [0.5, 0.6) is 0 Å². The van der Waals surface area contributed by atoms with Crippen molar-refractivity contribution in [1.82, 2.24) is 0 Å². The second-order valence-corrected chi connectivity index (χ2v) is 2.46. The highest BCUT2D eigenvalue weighted by atomic mass is 16.2. The molecule has 0 saturated heterocycles. The summed E-state index contributed by atoms with van der Waals surface area (Å²) in [7, 11) is 0. The molecule has 4 heteroatoms. The van der Waals surface area contributed by atoms with E-state index < -0.39 is 11.9 Å². The van der Waals surface area contributed by atoms with Crippen molar-refractivity contribution in [2.45, 2.75) is 6.04 Å². The van der Waals surface area contributed by atoms with E-state index in [2.05, 4.69) is 5.32 Å². The molecule has 1 unspecified atom stereocenters. The Bertz CT molecular complexity index is 328. The van der Waals surface area contributed by atoms with Crippen LogP contribution in [-0.4, -0.2) is 11.9 Å². The van der Waals surface area contributed by atoms with Gasteiger partial charge in [-0.25, -0.2) is 0 Å². The molecule has 4 nitrogen and oxygen atoms in total. The van der Waals surface area contributed by atoms with Crippen LogP contribution < -0.4 is 11.1 Å². The van der Waals surface area contributed by atoms with Gasteiger partial charge in [0.1, 0.15) is 0 Å². The number of carbonyl (C=O) groups is 1. The zero-order valence-corrected chi connectivity index (χ0v) is 6.90. The summed E-state index contributed by atoms with van der Waals surface area (Å²) in [6.45, 7) is 0. The minimum absolute atomic E-state index is 0.492. The molecule has 0 aromatic heterocycles. The summed E-state index contributed by atoms with van der Waals surface area (Å²) in [5.41, 5.74) is 5.83. The fraction of sp³-hybridized carbons (Fsp3) is 0.111. The van der Waals surface area contributed by atoms with Crippen molar-refractivity contribution in [3.63, 3.8) is 0 Å². The average Bonchev–Trinajstić information content (AvgIpc) is 2.18. The quantitative estimate of drug-likeness (QED) is 0.686. The maximum absolute atomic E-state index is 11.1. The number of hydrogen-bond donors (Lipinski definition) is 2. The minimum atomic E-state index is -1.11. The fourth-order valence-corrected chi connectivity index (χ4v) is 0.800. The van der Waals surface area contributed by atoms with Crippen molar-refractivity contribution in [3.8, 4) is 6.07 Å². The molecule has 0 fully saturated rings. The average molecular weight is 175 g/mol. The number of nitriles is 1. The third kappa shape index (κ3) is 2.58. The minimum Gasteiger partial charge on any atom is -0.324 e. The van der Waals surface area contributed by atoms with Gasteiger partial charge in [-0.15, -0.1) is 0 Å². The Balaban J connectivity index is 2.62. The van der Waals surface area contributed by atoms with Gasteiger partial charge in [0.25, 0.3) is 5.91 Å². The van der Waals surface area contributed by atoms with Gasteiger partial charge in [0.05, 0.1) is 6.07 Å². The molecule has 3 N–H and O–H groups in total. The van der Waals surface area contributed by atoms with Crippen molar-refractivity contribution in [2.24, 2.45) is 5.73 Å². The Hall–Kier alpha value is -1.86. The Kier molecular flexibility index (Phi) is 3.01. The number of amides is 1. The van der Waals surface area contributed by atoms with Gasteiger partial charge in [-0.1, -0.05) is 18.2 Å². The largest absolute Gasteiger partial charge is 0.324 e. The Labute approximate surface area is 76.0 Å². The smallest absolute Gasteiger partial charge is 0.255 e. The van der Waals surface area contributed by atoms with Crippen molar-refractivity contribution in [3.05, 3.63) is 30.3 Å². The second kappa shape index (κ2) is 4.24. The first-order valence-corrected chi connectivity index (χ1v) is 3.75. The van der Waals surface area contributed by atoms with E-state index in [0.717, 1.165) is 0 Å². The van der Waals surface area contributed by atoms with Gasteiger partial charge in [-0.2, -0.15) is 5.26 Å². The first kappa shape index (κ1) is 9.23. The molecule has 0 aliphatic heterocycles. The van der Waals surface area contributed by atoms with Crippen molar-refractivity contribution in [1.29, 1.82) is 5.26 Å². The summed E-state index contributed by atoms with van der Waals surface area (Å²) in [6.07, 6.45) is 0. The number of carbonyl (C=O) groups excluding carboxylic acids is 1. The normalized spacial score (nSPS) is 11.4. The van der Waals surface area contributed by atoms with Gasteiger partial charge < -0.3 is 11.1 Å². The van der Waals surface area contributed by atoms with E-state index in [1.54, 1.807) is 30.3 Å². The van der Waals surface area contributed by atoms with Gasteiger partial charge in [-0.3, -0.25) is 4.79 Å². The van der Waals surface area contributed by atoms with Gasteiger partial charge >= 0.3 is 0 Å². The van der Waals surface area contributed by atoms with Crippen LogP contribution in [-0.2, 0) is 4.79 Å². The highest BCUT2D eigenvalue weighted by Crippen LogP contribution is 2.04. The Morgan fingerprint density at radius 1 is 1.46 bits per heavy atom. The fourth-order valence-electron chi connectivity index (χ4n) is 0.800. The van der Waals surface area contributed by atoms with Crippen LogP contribution in [0, 0.1) is 11.3 Å². The van der Waals surface area contributed by atoms with E-state index in [1.807, 2.05) is 6.07 Å². The van der Waals surface area contributed by atoms with Crippen LogP contribution in [0.3, 0.4) is 0 Å². The van der Waals surface area contributed by atoms with Crippen LogP contribution >= 0.6 is 0 Å². The van der Waals surface area contributed by atoms with Gasteiger partial charge in [0.15, 0.2) is 6.04 Å². The Morgan fingerprint density at radius 2 is 2.08 bits per heavy atom. The molecule has 0 heterocycles. The van der Waals surface area contributed by atoms with Crippen molar-refractivity contribution in [2.75, 3.05) is 5.32 Å². The molecule has 1 amide bonds. The zero-order valence-electron chi connectivity index (χ0n) is 6.90. The van der Waals surface area contributed by atoms with Crippen LogP contribution in [0.25, 0.3) is 0 Å². The topological polar surface area (TPSA) is 78.9 Å². The number of nitrogens with two attached hydrogens (primary N) is 1. The summed E-state index contributed by atoms with van der Waals surface area (Å²) in [5.74, 6) is -0.492. The molecule has 0 aliphatic carbocycles. The third-order valence-corrected chi connectivity index (χ3v) is 1.46. The second-order valence-electron chi connectivity index (χ2n) is 2.46. The standard InChI is InChI=1S/C9H9N3O/c10-6-8(11)9(13)12-7-4-2-1-3-5-7/h1-5,8H,11H2,(H,12,13). The molecule has 1 aromatic rings. The lowest BCUT2D eigenvalue weighted by molar-refractivity contribution is -0.116. The molecule has 1 rings (SSSR count). The van der Waals surface area contributed by atoms with Crippen molar-refractivity contribution >= 4 is 11.6 Å². The predicted octanol–water partition coefficient (Wildman–Crippen LogP) is 0.476. The molecule has 0 spiro atoms. The summed E-state index contributed by atoms with van der Waals surface area (Å²) < 4.78 is 0. The number of nitrogens with zero attached hydrogens (tertiary/aromatic N) is 1. The molecule has 0 radical (unpaired) electrons. The van der Waals surface area contributed by atoms with Gasteiger partial charge in [0, 0.05) is 5.69 Å². The van der Waals surface area contributed by atoms with E-state index in [0.29, 0.717) is 5.69 Å². The third-order valence-electron chi connectivity index (χ3n) is 1.46. The summed E-state index contributed by atoms with van der Waals surface area (Å²) in [5, 5.41) is 10.9. The maximum Gasteiger partial charge on any atom is 0.255 e. The number of benzene rings is 1. The van der Waals surface area contributed by atoms with E-state index in [-0.39, 0.29) is 0 Å².